The Bertz CT molecular complexity index is 1220. The smallest absolute Gasteiger partial charge is 0.259 e. The molecule has 1 aliphatic heterocycles. The van der Waals surface area contributed by atoms with Gasteiger partial charge in [-0.25, -0.2) is 0 Å². The maximum atomic E-state index is 13.4. The van der Waals surface area contributed by atoms with Crippen molar-refractivity contribution in [2.45, 2.75) is 33.0 Å². The number of fused-ring (bicyclic) bond motifs is 1. The maximum absolute atomic E-state index is 13.4. The zero-order chi connectivity index (χ0) is 24.2. The minimum Gasteiger partial charge on any atom is -0.348 e. The topological polar surface area (TPSA) is 105 Å². The first-order valence-electron chi connectivity index (χ1n) is 11.3. The van der Waals surface area contributed by atoms with E-state index in [1.54, 1.807) is 42.5 Å². The van der Waals surface area contributed by atoms with Crippen LogP contribution in [0.1, 0.15) is 45.7 Å². The van der Waals surface area contributed by atoms with Crippen molar-refractivity contribution in [3.8, 4) is 0 Å². The van der Waals surface area contributed by atoms with Gasteiger partial charge < -0.3 is 16.4 Å². The number of nitrogens with one attached hydrogen (secondary N) is 2. The van der Waals surface area contributed by atoms with Crippen molar-refractivity contribution in [2.75, 3.05) is 10.2 Å². The molecule has 0 spiro atoms. The summed E-state index contributed by atoms with van der Waals surface area (Å²) in [7, 11) is 0. The molecule has 3 amide bonds. The molecule has 1 atom stereocenters. The van der Waals surface area contributed by atoms with Gasteiger partial charge in [0.25, 0.3) is 11.8 Å². The molecule has 174 valence electrons. The number of rotatable bonds is 6. The number of nitrogens with zero attached hydrogens (tertiary/aromatic N) is 1. The quantitative estimate of drug-likeness (QED) is 0.526. The summed E-state index contributed by atoms with van der Waals surface area (Å²) >= 11 is 0. The van der Waals surface area contributed by atoms with Gasteiger partial charge in [-0.3, -0.25) is 19.3 Å². The summed E-state index contributed by atoms with van der Waals surface area (Å²) in [4.78, 5) is 40.7. The van der Waals surface area contributed by atoms with Crippen LogP contribution in [0, 0.1) is 5.92 Å². The molecule has 0 fully saturated rings. The largest absolute Gasteiger partial charge is 0.348 e. The van der Waals surface area contributed by atoms with Crippen molar-refractivity contribution in [3.63, 3.8) is 0 Å². The van der Waals surface area contributed by atoms with Gasteiger partial charge in [0.2, 0.25) is 5.91 Å². The second-order valence-electron chi connectivity index (χ2n) is 8.66. The third-order valence-corrected chi connectivity index (χ3v) is 5.87. The lowest BCUT2D eigenvalue weighted by atomic mass is 9.95. The molecular formula is C27H28N4O3. The summed E-state index contributed by atoms with van der Waals surface area (Å²) in [6, 6.07) is 20.9. The van der Waals surface area contributed by atoms with E-state index in [-0.39, 0.29) is 23.6 Å². The molecule has 7 heteroatoms. The second kappa shape index (κ2) is 9.89. The number of carbonyl (C=O) groups excluding carboxylic acids is 3. The number of benzene rings is 3. The molecule has 3 aromatic carbocycles. The van der Waals surface area contributed by atoms with Gasteiger partial charge >= 0.3 is 0 Å². The van der Waals surface area contributed by atoms with Crippen LogP contribution in [0.25, 0.3) is 0 Å². The molecule has 3 aromatic rings. The fourth-order valence-corrected chi connectivity index (χ4v) is 4.17. The van der Waals surface area contributed by atoms with Crippen LogP contribution >= 0.6 is 0 Å². The Morgan fingerprint density at radius 1 is 0.971 bits per heavy atom. The Balaban J connectivity index is 1.61. The van der Waals surface area contributed by atoms with Gasteiger partial charge in [-0.2, -0.15) is 0 Å². The van der Waals surface area contributed by atoms with E-state index in [9.17, 15) is 14.4 Å². The molecule has 4 N–H and O–H groups in total. The van der Waals surface area contributed by atoms with E-state index in [1.807, 2.05) is 44.2 Å². The summed E-state index contributed by atoms with van der Waals surface area (Å²) < 4.78 is 0. The normalized spacial score (nSPS) is 15.0. The molecule has 1 heterocycles. The fourth-order valence-electron chi connectivity index (χ4n) is 4.17. The molecule has 0 bridgehead atoms. The molecule has 0 saturated carbocycles. The fraction of sp³-hybridized carbons (Fsp3) is 0.222. The monoisotopic (exact) mass is 456 g/mol. The summed E-state index contributed by atoms with van der Waals surface area (Å²) in [6.07, 6.45) is 0. The highest BCUT2D eigenvalue weighted by atomic mass is 16.2. The Morgan fingerprint density at radius 2 is 1.71 bits per heavy atom. The summed E-state index contributed by atoms with van der Waals surface area (Å²) in [5.74, 6) is -0.912. The van der Waals surface area contributed by atoms with Crippen LogP contribution in [0.5, 0.6) is 0 Å². The van der Waals surface area contributed by atoms with E-state index in [0.717, 1.165) is 11.1 Å². The van der Waals surface area contributed by atoms with E-state index < -0.39 is 6.04 Å². The number of nitrogens with two attached hydrogens (primary N) is 1. The van der Waals surface area contributed by atoms with Crippen molar-refractivity contribution in [2.24, 2.45) is 11.7 Å². The zero-order valence-corrected chi connectivity index (χ0v) is 19.2. The molecule has 0 aliphatic carbocycles. The Hall–Kier alpha value is -3.97. The second-order valence-corrected chi connectivity index (χ2v) is 8.66. The van der Waals surface area contributed by atoms with Gasteiger partial charge in [-0.15, -0.1) is 0 Å². The number of anilines is 2. The SMILES string of the molecule is CC(C)C1C(=O)Nc2cc(C(=O)NCc3cccc(CN)c3)ccc2N1C(=O)c1ccccc1. The van der Waals surface area contributed by atoms with Crippen LogP contribution in [0.3, 0.4) is 0 Å². The van der Waals surface area contributed by atoms with Gasteiger partial charge in [-0.05, 0) is 47.4 Å². The lowest BCUT2D eigenvalue weighted by molar-refractivity contribution is -0.118. The third-order valence-electron chi connectivity index (χ3n) is 5.87. The predicted molar refractivity (Wildman–Crippen MR) is 132 cm³/mol. The van der Waals surface area contributed by atoms with Crippen molar-refractivity contribution in [3.05, 3.63) is 95.1 Å². The first kappa shape index (κ1) is 23.2. The molecule has 0 aromatic heterocycles. The van der Waals surface area contributed by atoms with Crippen LogP contribution in [0.2, 0.25) is 0 Å². The minimum absolute atomic E-state index is 0.104. The molecule has 1 unspecified atom stereocenters. The minimum atomic E-state index is -0.658. The van der Waals surface area contributed by atoms with Gasteiger partial charge in [0.05, 0.1) is 11.4 Å². The Labute approximate surface area is 199 Å². The first-order valence-corrected chi connectivity index (χ1v) is 11.3. The van der Waals surface area contributed by atoms with Gasteiger partial charge in [-0.1, -0.05) is 56.3 Å². The van der Waals surface area contributed by atoms with E-state index >= 15 is 0 Å². The van der Waals surface area contributed by atoms with Crippen molar-refractivity contribution >= 4 is 29.1 Å². The highest BCUT2D eigenvalue weighted by Crippen LogP contribution is 2.36. The molecule has 7 nitrogen and oxygen atoms in total. The highest BCUT2D eigenvalue weighted by molar-refractivity contribution is 6.17. The van der Waals surface area contributed by atoms with Crippen LogP contribution in [-0.4, -0.2) is 23.8 Å². The van der Waals surface area contributed by atoms with Crippen LogP contribution in [0.15, 0.2) is 72.8 Å². The molecule has 34 heavy (non-hydrogen) atoms. The average Bonchev–Trinajstić information content (AvgIpc) is 2.86. The molecule has 4 rings (SSSR count). The lowest BCUT2D eigenvalue weighted by Gasteiger charge is -2.38. The summed E-state index contributed by atoms with van der Waals surface area (Å²) in [5, 5.41) is 5.78. The van der Waals surface area contributed by atoms with Crippen molar-refractivity contribution in [1.82, 2.24) is 5.32 Å². The maximum Gasteiger partial charge on any atom is 0.259 e. The van der Waals surface area contributed by atoms with E-state index in [4.69, 9.17) is 5.73 Å². The number of carbonyl (C=O) groups is 3. The van der Waals surface area contributed by atoms with Crippen LogP contribution in [-0.2, 0) is 17.9 Å². The van der Waals surface area contributed by atoms with E-state index in [0.29, 0.717) is 35.6 Å². The van der Waals surface area contributed by atoms with E-state index in [2.05, 4.69) is 10.6 Å². The lowest BCUT2D eigenvalue weighted by Crippen LogP contribution is -2.53. The standard InChI is InChI=1S/C27H28N4O3/c1-17(2)24-26(33)30-22-14-21(25(32)29-16-19-8-6-7-18(13-19)15-28)11-12-23(22)31(24)27(34)20-9-4-3-5-10-20/h3-14,17,24H,15-16,28H2,1-2H3,(H,29,32)(H,30,33). The molecule has 0 radical (unpaired) electrons. The number of hydrogen-bond donors (Lipinski definition) is 3. The third kappa shape index (κ3) is 4.70. The number of amides is 3. The predicted octanol–water partition coefficient (Wildman–Crippen LogP) is 3.70. The number of hydrogen-bond acceptors (Lipinski definition) is 4. The first-order chi connectivity index (χ1) is 16.4. The van der Waals surface area contributed by atoms with Gasteiger partial charge in [0.1, 0.15) is 6.04 Å². The van der Waals surface area contributed by atoms with Gasteiger partial charge in [0, 0.05) is 24.2 Å². The van der Waals surface area contributed by atoms with Crippen molar-refractivity contribution in [1.29, 1.82) is 0 Å². The zero-order valence-electron chi connectivity index (χ0n) is 19.2. The van der Waals surface area contributed by atoms with Crippen LogP contribution < -0.4 is 21.3 Å². The molecule has 1 aliphatic rings. The highest BCUT2D eigenvalue weighted by Gasteiger charge is 2.39. The average molecular weight is 457 g/mol. The Morgan fingerprint density at radius 3 is 2.41 bits per heavy atom. The summed E-state index contributed by atoms with van der Waals surface area (Å²) in [6.45, 7) is 4.59. The van der Waals surface area contributed by atoms with Crippen LogP contribution in [0.4, 0.5) is 11.4 Å². The molecule has 0 saturated heterocycles. The molecular weight excluding hydrogens is 428 g/mol. The van der Waals surface area contributed by atoms with Crippen molar-refractivity contribution < 1.29 is 14.4 Å². The van der Waals surface area contributed by atoms with E-state index in [1.165, 1.54) is 4.90 Å². The summed E-state index contributed by atoms with van der Waals surface area (Å²) in [5.41, 5.74) is 9.52. The van der Waals surface area contributed by atoms with Gasteiger partial charge in [0.15, 0.2) is 0 Å². The Kier molecular flexibility index (Phi) is 6.75.